The largest absolute Gasteiger partial charge is 0.381 e. The van der Waals surface area contributed by atoms with E-state index >= 15 is 0 Å². The minimum Gasteiger partial charge on any atom is -0.381 e. The highest BCUT2D eigenvalue weighted by Crippen LogP contribution is 2.38. The van der Waals surface area contributed by atoms with Crippen LogP contribution in [0.2, 0.25) is 0 Å². The summed E-state index contributed by atoms with van der Waals surface area (Å²) in [6, 6.07) is 0.705. The Labute approximate surface area is 130 Å². The van der Waals surface area contributed by atoms with Gasteiger partial charge in [0.2, 0.25) is 0 Å². The van der Waals surface area contributed by atoms with E-state index in [9.17, 15) is 0 Å². The third-order valence-corrected chi connectivity index (χ3v) is 5.94. The lowest BCUT2D eigenvalue weighted by Gasteiger charge is -2.50. The average Bonchev–Trinajstić information content (AvgIpc) is 2.93. The van der Waals surface area contributed by atoms with Gasteiger partial charge in [0.05, 0.1) is 0 Å². The van der Waals surface area contributed by atoms with Crippen LogP contribution in [-0.4, -0.2) is 49.3 Å². The molecule has 3 aliphatic rings. The molecular weight excluding hydrogens is 260 g/mol. The summed E-state index contributed by atoms with van der Waals surface area (Å²) in [4.78, 5) is 2.90. The lowest BCUT2D eigenvalue weighted by Crippen LogP contribution is -2.64. The van der Waals surface area contributed by atoms with Crippen molar-refractivity contribution >= 4 is 0 Å². The van der Waals surface area contributed by atoms with Gasteiger partial charge >= 0.3 is 0 Å². The summed E-state index contributed by atoms with van der Waals surface area (Å²) in [5.74, 6) is 1.67. The van der Waals surface area contributed by atoms with E-state index in [-0.39, 0.29) is 0 Å². The normalized spacial score (nSPS) is 31.3. The molecule has 21 heavy (non-hydrogen) atoms. The second-order valence-electron chi connectivity index (χ2n) is 8.10. The van der Waals surface area contributed by atoms with Crippen molar-refractivity contribution in [3.63, 3.8) is 0 Å². The molecule has 1 unspecified atom stereocenters. The van der Waals surface area contributed by atoms with Crippen LogP contribution < -0.4 is 5.32 Å². The molecule has 1 saturated carbocycles. The summed E-state index contributed by atoms with van der Waals surface area (Å²) in [6.07, 6.45) is 9.56. The molecule has 2 saturated heterocycles. The molecule has 2 heterocycles. The molecular formula is C18H34N2O. The topological polar surface area (TPSA) is 24.5 Å². The van der Waals surface area contributed by atoms with E-state index in [1.165, 1.54) is 64.6 Å². The number of ether oxygens (including phenoxy) is 1. The summed E-state index contributed by atoms with van der Waals surface area (Å²) >= 11 is 0. The molecule has 1 N–H and O–H groups in total. The second-order valence-corrected chi connectivity index (χ2v) is 8.10. The fourth-order valence-electron chi connectivity index (χ4n) is 4.73. The lowest BCUT2D eigenvalue weighted by molar-refractivity contribution is -0.00191. The van der Waals surface area contributed by atoms with Crippen LogP contribution in [0.25, 0.3) is 0 Å². The first-order valence-corrected chi connectivity index (χ1v) is 9.24. The van der Waals surface area contributed by atoms with Crippen LogP contribution in [0.3, 0.4) is 0 Å². The molecule has 3 nitrogen and oxygen atoms in total. The Balaban J connectivity index is 1.64. The maximum absolute atomic E-state index is 5.55. The van der Waals surface area contributed by atoms with E-state index < -0.39 is 0 Å². The Morgan fingerprint density at radius 2 is 1.90 bits per heavy atom. The van der Waals surface area contributed by atoms with Crippen LogP contribution in [0.5, 0.6) is 0 Å². The number of rotatable bonds is 4. The minimum absolute atomic E-state index is 0.492. The van der Waals surface area contributed by atoms with Crippen molar-refractivity contribution in [2.24, 2.45) is 11.8 Å². The zero-order valence-corrected chi connectivity index (χ0v) is 14.1. The fourth-order valence-corrected chi connectivity index (χ4v) is 4.73. The third-order valence-electron chi connectivity index (χ3n) is 5.94. The van der Waals surface area contributed by atoms with Gasteiger partial charge < -0.3 is 10.1 Å². The third kappa shape index (κ3) is 3.80. The molecule has 0 aromatic heterocycles. The molecule has 1 atom stereocenters. The Kier molecular flexibility index (Phi) is 5.23. The smallest absolute Gasteiger partial charge is 0.0469 e. The predicted octanol–water partition coefficient (Wildman–Crippen LogP) is 3.05. The zero-order valence-electron chi connectivity index (χ0n) is 14.1. The first-order chi connectivity index (χ1) is 10.2. The maximum atomic E-state index is 5.55. The van der Waals surface area contributed by atoms with Gasteiger partial charge in [-0.25, -0.2) is 0 Å². The summed E-state index contributed by atoms with van der Waals surface area (Å²) in [6.45, 7) is 10.5. The highest BCUT2D eigenvalue weighted by atomic mass is 16.5. The lowest BCUT2D eigenvalue weighted by atomic mass is 9.87. The van der Waals surface area contributed by atoms with Crippen molar-refractivity contribution in [2.75, 3.05) is 32.8 Å². The first kappa shape index (κ1) is 15.8. The van der Waals surface area contributed by atoms with Crippen molar-refractivity contribution in [3.05, 3.63) is 0 Å². The molecule has 2 aliphatic heterocycles. The second kappa shape index (κ2) is 6.97. The Morgan fingerprint density at radius 1 is 1.19 bits per heavy atom. The summed E-state index contributed by atoms with van der Waals surface area (Å²) < 4.78 is 5.55. The van der Waals surface area contributed by atoms with Gasteiger partial charge in [-0.3, -0.25) is 4.90 Å². The SMILES string of the molecule is CC(C)CC1CN(CC2CCOCC2)C2(CCCC2)CN1. The van der Waals surface area contributed by atoms with Gasteiger partial charge in [-0.1, -0.05) is 26.7 Å². The van der Waals surface area contributed by atoms with E-state index in [1.54, 1.807) is 0 Å². The molecule has 0 bridgehead atoms. The summed E-state index contributed by atoms with van der Waals surface area (Å²) in [5, 5.41) is 3.88. The molecule has 122 valence electrons. The van der Waals surface area contributed by atoms with E-state index in [4.69, 9.17) is 4.74 Å². The van der Waals surface area contributed by atoms with Crippen molar-refractivity contribution < 1.29 is 4.74 Å². The van der Waals surface area contributed by atoms with Gasteiger partial charge in [0.15, 0.2) is 0 Å². The van der Waals surface area contributed by atoms with Crippen LogP contribution in [0.15, 0.2) is 0 Å². The highest BCUT2D eigenvalue weighted by molar-refractivity contribution is 5.02. The summed E-state index contributed by atoms with van der Waals surface area (Å²) in [7, 11) is 0. The van der Waals surface area contributed by atoms with E-state index in [2.05, 4.69) is 24.1 Å². The van der Waals surface area contributed by atoms with Gasteiger partial charge in [-0.15, -0.1) is 0 Å². The molecule has 1 aliphatic carbocycles. The van der Waals surface area contributed by atoms with Crippen molar-refractivity contribution in [3.8, 4) is 0 Å². The van der Waals surface area contributed by atoms with E-state index in [1.807, 2.05) is 0 Å². The first-order valence-electron chi connectivity index (χ1n) is 9.24. The zero-order chi connectivity index (χ0) is 14.7. The number of piperazine rings is 1. The Morgan fingerprint density at radius 3 is 2.57 bits per heavy atom. The molecule has 0 aromatic carbocycles. The quantitative estimate of drug-likeness (QED) is 0.862. The van der Waals surface area contributed by atoms with Gasteiger partial charge in [0, 0.05) is 44.4 Å². The number of nitrogens with one attached hydrogen (secondary N) is 1. The fraction of sp³-hybridized carbons (Fsp3) is 1.00. The van der Waals surface area contributed by atoms with E-state index in [0.29, 0.717) is 11.6 Å². The number of nitrogens with zero attached hydrogens (tertiary/aromatic N) is 1. The molecule has 0 aromatic rings. The monoisotopic (exact) mass is 294 g/mol. The van der Waals surface area contributed by atoms with Crippen molar-refractivity contribution in [1.29, 1.82) is 0 Å². The molecule has 0 radical (unpaired) electrons. The molecule has 3 fully saturated rings. The van der Waals surface area contributed by atoms with Crippen LogP contribution >= 0.6 is 0 Å². The van der Waals surface area contributed by atoms with Gasteiger partial charge in [-0.2, -0.15) is 0 Å². The number of hydrogen-bond acceptors (Lipinski definition) is 3. The minimum atomic E-state index is 0.492. The van der Waals surface area contributed by atoms with Crippen LogP contribution in [-0.2, 0) is 4.74 Å². The predicted molar refractivity (Wildman–Crippen MR) is 87.6 cm³/mol. The van der Waals surface area contributed by atoms with Gasteiger partial charge in [0.25, 0.3) is 0 Å². The molecule has 3 heteroatoms. The van der Waals surface area contributed by atoms with Crippen LogP contribution in [0.4, 0.5) is 0 Å². The van der Waals surface area contributed by atoms with Crippen molar-refractivity contribution in [2.45, 2.75) is 70.4 Å². The van der Waals surface area contributed by atoms with Crippen molar-refractivity contribution in [1.82, 2.24) is 10.2 Å². The average molecular weight is 294 g/mol. The number of hydrogen-bond donors (Lipinski definition) is 1. The maximum Gasteiger partial charge on any atom is 0.0469 e. The molecule has 1 spiro atoms. The van der Waals surface area contributed by atoms with Gasteiger partial charge in [-0.05, 0) is 43.9 Å². The summed E-state index contributed by atoms with van der Waals surface area (Å²) in [5.41, 5.74) is 0.492. The molecule has 3 rings (SSSR count). The van der Waals surface area contributed by atoms with Crippen LogP contribution in [0, 0.1) is 11.8 Å². The Hall–Kier alpha value is -0.120. The van der Waals surface area contributed by atoms with Crippen LogP contribution in [0.1, 0.15) is 58.8 Å². The highest BCUT2D eigenvalue weighted by Gasteiger charge is 2.43. The van der Waals surface area contributed by atoms with Gasteiger partial charge in [0.1, 0.15) is 0 Å². The molecule has 0 amide bonds. The Bertz CT molecular complexity index is 319. The van der Waals surface area contributed by atoms with E-state index in [0.717, 1.165) is 25.0 Å². The standard InChI is InChI=1S/C18H34N2O/c1-15(2)11-17-13-20(12-16-5-9-21-10-6-16)18(14-19-17)7-3-4-8-18/h15-17,19H,3-14H2,1-2H3.